The lowest BCUT2D eigenvalue weighted by Crippen LogP contribution is -2.43. The SMILES string of the molecule is O=C(NCC1CCN(C(=O)/C=C/c2ccco2)CC1)C(=O)Nc1cc2c3c(c1)CC(=O)N3CCC2. The molecule has 1 aromatic heterocycles. The van der Waals surface area contributed by atoms with Gasteiger partial charge in [-0.3, -0.25) is 19.2 Å². The van der Waals surface area contributed by atoms with E-state index < -0.39 is 11.8 Å². The summed E-state index contributed by atoms with van der Waals surface area (Å²) in [5, 5.41) is 5.41. The maximum atomic E-state index is 12.5. The minimum atomic E-state index is -0.718. The van der Waals surface area contributed by atoms with Crippen LogP contribution in [-0.4, -0.2) is 54.7 Å². The number of hydrogen-bond donors (Lipinski definition) is 2. The minimum Gasteiger partial charge on any atom is -0.465 e. The van der Waals surface area contributed by atoms with Gasteiger partial charge in [-0.2, -0.15) is 0 Å². The molecule has 3 aliphatic rings. The molecule has 2 N–H and O–H groups in total. The molecule has 35 heavy (non-hydrogen) atoms. The number of piperidine rings is 1. The molecule has 0 unspecified atom stereocenters. The maximum absolute atomic E-state index is 12.5. The number of amides is 4. The third-order valence-corrected chi connectivity index (χ3v) is 6.88. The monoisotopic (exact) mass is 476 g/mol. The molecule has 0 radical (unpaired) electrons. The van der Waals surface area contributed by atoms with E-state index in [1.807, 2.05) is 11.0 Å². The number of rotatable bonds is 5. The van der Waals surface area contributed by atoms with Gasteiger partial charge in [-0.15, -0.1) is 0 Å². The number of anilines is 2. The van der Waals surface area contributed by atoms with Gasteiger partial charge in [-0.25, -0.2) is 0 Å². The second kappa shape index (κ2) is 9.77. The number of likely N-dealkylation sites (tertiary alicyclic amines) is 1. The van der Waals surface area contributed by atoms with Crippen LogP contribution in [0.15, 0.2) is 41.0 Å². The highest BCUT2D eigenvalue weighted by Crippen LogP contribution is 2.38. The Morgan fingerprint density at radius 1 is 1.09 bits per heavy atom. The Morgan fingerprint density at radius 2 is 1.89 bits per heavy atom. The zero-order valence-corrected chi connectivity index (χ0v) is 19.4. The van der Waals surface area contributed by atoms with Crippen LogP contribution in [0.5, 0.6) is 0 Å². The third kappa shape index (κ3) is 4.99. The fourth-order valence-corrected chi connectivity index (χ4v) is 5.06. The van der Waals surface area contributed by atoms with Gasteiger partial charge in [0, 0.05) is 37.9 Å². The van der Waals surface area contributed by atoms with Gasteiger partial charge in [0.2, 0.25) is 11.8 Å². The van der Waals surface area contributed by atoms with Crippen molar-refractivity contribution in [3.8, 4) is 0 Å². The maximum Gasteiger partial charge on any atom is 0.313 e. The first-order chi connectivity index (χ1) is 17.0. The molecule has 182 valence electrons. The molecule has 5 rings (SSSR count). The molecule has 9 nitrogen and oxygen atoms in total. The van der Waals surface area contributed by atoms with Crippen LogP contribution in [0.4, 0.5) is 11.4 Å². The zero-order valence-electron chi connectivity index (χ0n) is 19.4. The van der Waals surface area contributed by atoms with Crippen molar-refractivity contribution in [3.63, 3.8) is 0 Å². The van der Waals surface area contributed by atoms with Crippen LogP contribution in [0, 0.1) is 5.92 Å². The average molecular weight is 477 g/mol. The summed E-state index contributed by atoms with van der Waals surface area (Å²) in [4.78, 5) is 53.0. The van der Waals surface area contributed by atoms with Crippen molar-refractivity contribution in [1.29, 1.82) is 0 Å². The van der Waals surface area contributed by atoms with Crippen LogP contribution < -0.4 is 15.5 Å². The van der Waals surface area contributed by atoms with Crippen molar-refractivity contribution in [1.82, 2.24) is 10.2 Å². The minimum absolute atomic E-state index is 0.0681. The first kappa shape index (κ1) is 22.9. The topological polar surface area (TPSA) is 112 Å². The fraction of sp³-hybridized carbons (Fsp3) is 0.385. The van der Waals surface area contributed by atoms with Crippen molar-refractivity contribution >= 4 is 41.1 Å². The molecular formula is C26H28N4O5. The average Bonchev–Trinajstić information content (AvgIpc) is 3.50. The number of carbonyl (C=O) groups excluding carboxylic acids is 4. The number of nitrogens with zero attached hydrogens (tertiary/aromatic N) is 2. The normalized spacial score (nSPS) is 17.5. The molecule has 0 spiro atoms. The molecule has 9 heteroatoms. The van der Waals surface area contributed by atoms with E-state index in [0.29, 0.717) is 37.5 Å². The second-order valence-corrected chi connectivity index (χ2v) is 9.25. The molecule has 0 atom stereocenters. The molecular weight excluding hydrogens is 448 g/mol. The number of nitrogens with one attached hydrogen (secondary N) is 2. The van der Waals surface area contributed by atoms with E-state index >= 15 is 0 Å². The molecule has 1 saturated heterocycles. The first-order valence-electron chi connectivity index (χ1n) is 12.0. The van der Waals surface area contributed by atoms with E-state index in [2.05, 4.69) is 10.6 Å². The van der Waals surface area contributed by atoms with Gasteiger partial charge in [0.1, 0.15) is 5.76 Å². The largest absolute Gasteiger partial charge is 0.465 e. The van der Waals surface area contributed by atoms with Gasteiger partial charge in [0.25, 0.3) is 0 Å². The van der Waals surface area contributed by atoms with Crippen LogP contribution in [0.3, 0.4) is 0 Å². The first-order valence-corrected chi connectivity index (χ1v) is 12.0. The fourth-order valence-electron chi connectivity index (χ4n) is 5.06. The Kier molecular flexibility index (Phi) is 6.39. The van der Waals surface area contributed by atoms with Crippen LogP contribution in [-0.2, 0) is 32.0 Å². The molecule has 1 fully saturated rings. The third-order valence-electron chi connectivity index (χ3n) is 6.88. The summed E-state index contributed by atoms with van der Waals surface area (Å²) >= 11 is 0. The van der Waals surface area contributed by atoms with E-state index in [-0.39, 0.29) is 17.7 Å². The summed E-state index contributed by atoms with van der Waals surface area (Å²) in [6, 6.07) is 7.20. The summed E-state index contributed by atoms with van der Waals surface area (Å²) in [6.07, 6.45) is 8.28. The highest BCUT2D eigenvalue weighted by atomic mass is 16.3. The lowest BCUT2D eigenvalue weighted by molar-refractivity contribution is -0.136. The predicted molar refractivity (Wildman–Crippen MR) is 130 cm³/mol. The van der Waals surface area contributed by atoms with Crippen molar-refractivity contribution in [3.05, 3.63) is 53.5 Å². The van der Waals surface area contributed by atoms with E-state index in [1.54, 1.807) is 35.4 Å². The van der Waals surface area contributed by atoms with E-state index in [0.717, 1.165) is 49.0 Å². The van der Waals surface area contributed by atoms with Gasteiger partial charge >= 0.3 is 11.8 Å². The Labute approximate surface area is 203 Å². The molecule has 2 aromatic rings. The summed E-state index contributed by atoms with van der Waals surface area (Å²) in [5.74, 6) is -0.554. The summed E-state index contributed by atoms with van der Waals surface area (Å²) in [6.45, 7) is 2.32. The van der Waals surface area contributed by atoms with Gasteiger partial charge in [0.05, 0.1) is 18.4 Å². The number of hydrogen-bond acceptors (Lipinski definition) is 5. The lowest BCUT2D eigenvalue weighted by Gasteiger charge is -2.31. The van der Waals surface area contributed by atoms with Gasteiger partial charge < -0.3 is 24.9 Å². The van der Waals surface area contributed by atoms with Crippen LogP contribution >= 0.6 is 0 Å². The summed E-state index contributed by atoms with van der Waals surface area (Å²) in [5.41, 5.74) is 3.47. The number of furan rings is 1. The van der Waals surface area contributed by atoms with Crippen LogP contribution in [0.1, 0.15) is 36.1 Å². The Balaban J connectivity index is 1.08. The van der Waals surface area contributed by atoms with Gasteiger partial charge in [0.15, 0.2) is 0 Å². The van der Waals surface area contributed by atoms with Crippen molar-refractivity contribution in [2.24, 2.45) is 5.92 Å². The molecule has 4 heterocycles. The number of aryl methyl sites for hydroxylation is 1. The van der Waals surface area contributed by atoms with E-state index in [1.165, 1.54) is 6.08 Å². The van der Waals surface area contributed by atoms with Crippen molar-refractivity contribution in [2.45, 2.75) is 32.1 Å². The van der Waals surface area contributed by atoms with Gasteiger partial charge in [-0.1, -0.05) is 0 Å². The number of carbonyl (C=O) groups is 4. The highest BCUT2D eigenvalue weighted by Gasteiger charge is 2.32. The molecule has 0 bridgehead atoms. The van der Waals surface area contributed by atoms with E-state index in [9.17, 15) is 19.2 Å². The highest BCUT2D eigenvalue weighted by molar-refractivity contribution is 6.39. The number of benzene rings is 1. The Bertz CT molecular complexity index is 1180. The summed E-state index contributed by atoms with van der Waals surface area (Å²) in [7, 11) is 0. The zero-order chi connectivity index (χ0) is 24.4. The quantitative estimate of drug-likeness (QED) is 0.507. The summed E-state index contributed by atoms with van der Waals surface area (Å²) < 4.78 is 5.20. The molecule has 0 aliphatic carbocycles. The Hall–Kier alpha value is -3.88. The van der Waals surface area contributed by atoms with E-state index in [4.69, 9.17) is 4.42 Å². The predicted octanol–water partition coefficient (Wildman–Crippen LogP) is 2.12. The Morgan fingerprint density at radius 3 is 2.66 bits per heavy atom. The smallest absolute Gasteiger partial charge is 0.313 e. The van der Waals surface area contributed by atoms with Crippen molar-refractivity contribution < 1.29 is 23.6 Å². The van der Waals surface area contributed by atoms with Gasteiger partial charge in [-0.05, 0) is 73.1 Å². The molecule has 4 amide bonds. The molecule has 3 aliphatic heterocycles. The molecule has 0 saturated carbocycles. The molecule has 1 aromatic carbocycles. The standard InChI is InChI=1S/C26H28N4O5/c31-22(6-5-21-4-2-12-35-21)29-10-7-17(8-11-29)16-27-25(33)26(34)28-20-13-18-3-1-9-30-23(32)15-19(14-20)24(18)30/h2,4-6,12-14,17H,1,3,7-11,15-16H2,(H,27,33)(H,28,34)/b6-5+. The van der Waals surface area contributed by atoms with Crippen LogP contribution in [0.2, 0.25) is 0 Å². The van der Waals surface area contributed by atoms with Crippen LogP contribution in [0.25, 0.3) is 6.08 Å². The van der Waals surface area contributed by atoms with Crippen molar-refractivity contribution in [2.75, 3.05) is 36.4 Å². The lowest BCUT2D eigenvalue weighted by atomic mass is 9.96. The second-order valence-electron chi connectivity index (χ2n) is 9.25.